The van der Waals surface area contributed by atoms with Crippen LogP contribution in [0.15, 0.2) is 112 Å². The van der Waals surface area contributed by atoms with Gasteiger partial charge in [0, 0.05) is 34.3 Å². The number of pyridine rings is 2. The van der Waals surface area contributed by atoms with Crippen molar-refractivity contribution < 1.29 is 46.1 Å². The summed E-state index contributed by atoms with van der Waals surface area (Å²) in [7, 11) is 0. The summed E-state index contributed by atoms with van der Waals surface area (Å²) >= 11 is 9.00. The number of hydrazone groups is 2. The van der Waals surface area contributed by atoms with Crippen molar-refractivity contribution in [2.45, 2.75) is 36.6 Å². The Morgan fingerprint density at radius 3 is 1.40 bits per heavy atom. The number of carbonyl (C=O) groups excluding carboxylic acids is 2. The SMILES string of the molecule is O=C(c1cccnc1)N1N=C(c2ccc(Br)cc2)CC1(O)C(F)(F)F.O=C(c1cccnc1)N1N=C(c2ccc(Cl)cc2)CC1(O)C(F)(F)F. The molecule has 2 N–H and O–H groups in total. The lowest BCUT2D eigenvalue weighted by atomic mass is 10.0. The second kappa shape index (κ2) is 13.9. The fourth-order valence-corrected chi connectivity index (χ4v) is 5.18. The third-order valence-corrected chi connectivity index (χ3v) is 8.22. The van der Waals surface area contributed by atoms with Gasteiger partial charge in [0.25, 0.3) is 23.3 Å². The number of benzene rings is 2. The number of hydrogen-bond acceptors (Lipinski definition) is 8. The zero-order valence-corrected chi connectivity index (χ0v) is 27.4. The number of nitrogens with zero attached hydrogens (tertiary/aromatic N) is 6. The monoisotopic (exact) mass is 782 g/mol. The van der Waals surface area contributed by atoms with E-state index in [1.54, 1.807) is 24.3 Å². The van der Waals surface area contributed by atoms with Crippen LogP contribution < -0.4 is 0 Å². The van der Waals surface area contributed by atoms with Gasteiger partial charge in [0.15, 0.2) is 0 Å². The third kappa shape index (κ3) is 7.26. The zero-order valence-electron chi connectivity index (χ0n) is 25.1. The van der Waals surface area contributed by atoms with Gasteiger partial charge in [-0.05, 0) is 59.7 Å². The van der Waals surface area contributed by atoms with Gasteiger partial charge in [0.05, 0.1) is 35.4 Å². The predicted octanol–water partition coefficient (Wildman–Crippen LogP) is 6.58. The lowest BCUT2D eigenvalue weighted by Crippen LogP contribution is -2.56. The van der Waals surface area contributed by atoms with E-state index < -0.39 is 48.5 Å². The first-order valence-corrected chi connectivity index (χ1v) is 15.4. The molecule has 0 bridgehead atoms. The molecule has 4 aromatic rings. The Hall–Kier alpha value is -4.71. The van der Waals surface area contributed by atoms with Gasteiger partial charge in [0.2, 0.25) is 0 Å². The van der Waals surface area contributed by atoms with Crippen LogP contribution in [0.3, 0.4) is 0 Å². The summed E-state index contributed by atoms with van der Waals surface area (Å²) in [4.78, 5) is 32.3. The lowest BCUT2D eigenvalue weighted by molar-refractivity contribution is -0.297. The molecule has 6 rings (SSSR count). The molecule has 18 heteroatoms. The maximum absolute atomic E-state index is 13.5. The molecular formula is C32H22BrClF6N6O4. The number of carbonyl (C=O) groups is 2. The first-order valence-electron chi connectivity index (χ1n) is 14.2. The van der Waals surface area contributed by atoms with Crippen molar-refractivity contribution in [3.05, 3.63) is 129 Å². The molecule has 260 valence electrons. The van der Waals surface area contributed by atoms with Crippen molar-refractivity contribution in [3.8, 4) is 0 Å². The van der Waals surface area contributed by atoms with E-state index in [0.717, 1.165) is 16.9 Å². The number of amides is 2. The fourth-order valence-electron chi connectivity index (χ4n) is 4.79. The third-order valence-electron chi connectivity index (χ3n) is 7.43. The van der Waals surface area contributed by atoms with Crippen LogP contribution in [0.5, 0.6) is 0 Å². The first kappa shape index (κ1) is 36.6. The minimum atomic E-state index is -5.09. The molecule has 0 saturated carbocycles. The average molecular weight is 784 g/mol. The van der Waals surface area contributed by atoms with E-state index in [4.69, 9.17) is 11.6 Å². The summed E-state index contributed by atoms with van der Waals surface area (Å²) in [6.45, 7) is 0. The highest BCUT2D eigenvalue weighted by Crippen LogP contribution is 2.43. The normalized spacial score (nSPS) is 20.5. The second-order valence-electron chi connectivity index (χ2n) is 10.8. The highest BCUT2D eigenvalue weighted by molar-refractivity contribution is 9.10. The molecule has 0 saturated heterocycles. The second-order valence-corrected chi connectivity index (χ2v) is 12.2. The van der Waals surface area contributed by atoms with Gasteiger partial charge in [0.1, 0.15) is 0 Å². The number of aliphatic hydroxyl groups is 2. The molecule has 2 aliphatic heterocycles. The van der Waals surface area contributed by atoms with Crippen LogP contribution in [0.4, 0.5) is 26.3 Å². The predicted molar refractivity (Wildman–Crippen MR) is 171 cm³/mol. The molecule has 2 aromatic carbocycles. The summed E-state index contributed by atoms with van der Waals surface area (Å²) in [5.41, 5.74) is -6.48. The summed E-state index contributed by atoms with van der Waals surface area (Å²) < 4.78 is 81.6. The quantitative estimate of drug-likeness (QED) is 0.225. The van der Waals surface area contributed by atoms with E-state index in [2.05, 4.69) is 36.1 Å². The van der Waals surface area contributed by atoms with Gasteiger partial charge < -0.3 is 10.2 Å². The van der Waals surface area contributed by atoms with Crippen molar-refractivity contribution in [3.63, 3.8) is 0 Å². The van der Waals surface area contributed by atoms with Gasteiger partial charge in [-0.1, -0.05) is 51.8 Å². The van der Waals surface area contributed by atoms with E-state index in [-0.39, 0.29) is 32.6 Å². The van der Waals surface area contributed by atoms with Crippen LogP contribution in [-0.4, -0.2) is 77.2 Å². The molecule has 2 aromatic heterocycles. The van der Waals surface area contributed by atoms with Gasteiger partial charge in [-0.2, -0.15) is 46.6 Å². The van der Waals surface area contributed by atoms with Gasteiger partial charge in [-0.25, -0.2) is 0 Å². The molecule has 10 nitrogen and oxygen atoms in total. The van der Waals surface area contributed by atoms with E-state index in [1.807, 2.05) is 0 Å². The number of halogens is 8. The average Bonchev–Trinajstić information content (AvgIpc) is 3.65. The Morgan fingerprint density at radius 2 is 1.06 bits per heavy atom. The van der Waals surface area contributed by atoms with Crippen molar-refractivity contribution >= 4 is 50.8 Å². The number of aromatic nitrogens is 2. The standard InChI is InChI=1S/C16H11BrF3N3O2.C16H11ClF3N3O2/c2*17-12-5-3-10(4-6-12)13-8-15(25,16(18,19)20)23(22-13)14(24)11-2-1-7-21-9-11/h2*1-7,9,25H,8H2. The molecule has 0 radical (unpaired) electrons. The Morgan fingerprint density at radius 1 is 0.680 bits per heavy atom. The Labute approximate surface area is 292 Å². The largest absolute Gasteiger partial charge is 0.438 e. The molecule has 2 aliphatic rings. The molecule has 50 heavy (non-hydrogen) atoms. The molecule has 2 unspecified atom stereocenters. The Balaban J connectivity index is 0.000000194. The smallest absolute Gasteiger partial charge is 0.362 e. The highest BCUT2D eigenvalue weighted by Gasteiger charge is 2.64. The summed E-state index contributed by atoms with van der Waals surface area (Å²) in [5, 5.41) is 28.5. The van der Waals surface area contributed by atoms with Crippen molar-refractivity contribution in [1.29, 1.82) is 0 Å². The highest BCUT2D eigenvalue weighted by atomic mass is 79.9. The van der Waals surface area contributed by atoms with Crippen LogP contribution in [0.2, 0.25) is 5.02 Å². The fraction of sp³-hybridized carbons (Fsp3) is 0.188. The molecule has 2 atom stereocenters. The number of hydrogen-bond donors (Lipinski definition) is 2. The van der Waals surface area contributed by atoms with E-state index in [9.17, 15) is 46.1 Å². The molecule has 0 aliphatic carbocycles. The summed E-state index contributed by atoms with van der Waals surface area (Å²) in [6, 6.07) is 17.7. The van der Waals surface area contributed by atoms with Crippen molar-refractivity contribution in [2.75, 3.05) is 0 Å². The zero-order chi connectivity index (χ0) is 36.5. The van der Waals surface area contributed by atoms with Gasteiger partial charge >= 0.3 is 12.4 Å². The van der Waals surface area contributed by atoms with E-state index in [1.165, 1.54) is 60.9 Å². The molecule has 0 spiro atoms. The minimum absolute atomic E-state index is 0.0374. The summed E-state index contributed by atoms with van der Waals surface area (Å²) in [6.07, 6.45) is -6.93. The van der Waals surface area contributed by atoms with Crippen molar-refractivity contribution in [1.82, 2.24) is 20.0 Å². The lowest BCUT2D eigenvalue weighted by Gasteiger charge is -2.32. The van der Waals surface area contributed by atoms with Crippen LogP contribution in [0.1, 0.15) is 44.7 Å². The van der Waals surface area contributed by atoms with E-state index >= 15 is 0 Å². The minimum Gasteiger partial charge on any atom is -0.362 e. The van der Waals surface area contributed by atoms with Crippen LogP contribution in [0.25, 0.3) is 0 Å². The molecule has 0 fully saturated rings. The summed E-state index contributed by atoms with van der Waals surface area (Å²) in [5.74, 6) is -2.18. The van der Waals surface area contributed by atoms with E-state index in [0.29, 0.717) is 16.1 Å². The Kier molecular flexibility index (Phi) is 10.2. The molecule has 2 amide bonds. The van der Waals surface area contributed by atoms with Gasteiger partial charge in [-0.3, -0.25) is 19.6 Å². The van der Waals surface area contributed by atoms with Crippen LogP contribution in [0, 0.1) is 0 Å². The number of rotatable bonds is 4. The van der Waals surface area contributed by atoms with Crippen molar-refractivity contribution in [2.24, 2.45) is 10.2 Å². The number of alkyl halides is 6. The maximum Gasteiger partial charge on any atom is 0.438 e. The van der Waals surface area contributed by atoms with Gasteiger partial charge in [-0.15, -0.1) is 0 Å². The van der Waals surface area contributed by atoms with Crippen LogP contribution in [-0.2, 0) is 0 Å². The first-order chi connectivity index (χ1) is 23.4. The topological polar surface area (TPSA) is 132 Å². The maximum atomic E-state index is 13.5. The Bertz CT molecular complexity index is 1790. The molecular weight excluding hydrogens is 762 g/mol. The van der Waals surface area contributed by atoms with Crippen LogP contribution >= 0.6 is 27.5 Å². The molecule has 4 heterocycles.